The number of aryl methyl sites for hydroxylation is 1. The number of carbonyl (C=O) groups is 3. The third-order valence-corrected chi connectivity index (χ3v) is 5.65. The molecule has 1 saturated carbocycles. The number of nitrogens with zero attached hydrogens (tertiary/aromatic N) is 1. The Hall–Kier alpha value is -3.09. The second kappa shape index (κ2) is 8.73. The van der Waals surface area contributed by atoms with E-state index in [1.807, 2.05) is 0 Å². The van der Waals surface area contributed by atoms with Crippen LogP contribution in [0.4, 0.5) is 0 Å². The standard InChI is InChI=1S/C23H28N2O5/c1-13-19(14(2)24-20(13)23(28)30-5)21(26)15(3)25(12-16-9-10-16)22(27)17-7-6-8-18(11-17)29-4/h6-8,11,15-16,24H,9-10,12H2,1-5H3. The molecule has 0 saturated heterocycles. The quantitative estimate of drug-likeness (QED) is 0.529. The summed E-state index contributed by atoms with van der Waals surface area (Å²) in [7, 11) is 2.85. The van der Waals surface area contributed by atoms with Crippen LogP contribution in [-0.4, -0.2) is 54.3 Å². The number of methoxy groups -OCH3 is 2. The number of ketones is 1. The van der Waals surface area contributed by atoms with Crippen LogP contribution < -0.4 is 4.74 Å². The average Bonchev–Trinajstić information content (AvgIpc) is 3.53. The number of amides is 1. The number of esters is 1. The largest absolute Gasteiger partial charge is 0.497 e. The van der Waals surface area contributed by atoms with Crippen molar-refractivity contribution >= 4 is 17.7 Å². The van der Waals surface area contributed by atoms with Gasteiger partial charge in [-0.05, 0) is 63.3 Å². The molecule has 7 nitrogen and oxygen atoms in total. The molecular formula is C23H28N2O5. The molecule has 3 rings (SSSR count). The van der Waals surface area contributed by atoms with Gasteiger partial charge in [0.1, 0.15) is 11.4 Å². The fraction of sp³-hybridized carbons (Fsp3) is 0.435. The Bertz CT molecular complexity index is 974. The van der Waals surface area contributed by atoms with Crippen LogP contribution in [0.2, 0.25) is 0 Å². The van der Waals surface area contributed by atoms with E-state index in [-0.39, 0.29) is 17.4 Å². The van der Waals surface area contributed by atoms with Gasteiger partial charge in [-0.3, -0.25) is 9.59 Å². The van der Waals surface area contributed by atoms with Gasteiger partial charge in [-0.25, -0.2) is 4.79 Å². The zero-order chi connectivity index (χ0) is 22.0. The van der Waals surface area contributed by atoms with Crippen LogP contribution in [0.15, 0.2) is 24.3 Å². The highest BCUT2D eigenvalue weighted by atomic mass is 16.5. The highest BCUT2D eigenvalue weighted by Crippen LogP contribution is 2.32. The Labute approximate surface area is 176 Å². The number of nitrogens with one attached hydrogen (secondary N) is 1. The molecule has 1 N–H and O–H groups in total. The molecule has 0 radical (unpaired) electrons. The molecule has 1 aromatic carbocycles. The van der Waals surface area contributed by atoms with Gasteiger partial charge in [0.25, 0.3) is 5.91 Å². The summed E-state index contributed by atoms with van der Waals surface area (Å²) >= 11 is 0. The Morgan fingerprint density at radius 1 is 1.20 bits per heavy atom. The van der Waals surface area contributed by atoms with Gasteiger partial charge in [-0.2, -0.15) is 0 Å². The van der Waals surface area contributed by atoms with E-state index in [2.05, 4.69) is 4.98 Å². The number of H-pyrrole nitrogens is 1. The van der Waals surface area contributed by atoms with Crippen molar-refractivity contribution in [3.05, 3.63) is 52.3 Å². The van der Waals surface area contributed by atoms with E-state index in [9.17, 15) is 14.4 Å². The molecule has 1 aliphatic carbocycles. The first-order valence-electron chi connectivity index (χ1n) is 10.0. The van der Waals surface area contributed by atoms with Crippen LogP contribution in [0.25, 0.3) is 0 Å². The topological polar surface area (TPSA) is 88.7 Å². The Morgan fingerprint density at radius 2 is 1.90 bits per heavy atom. The first-order chi connectivity index (χ1) is 14.3. The summed E-state index contributed by atoms with van der Waals surface area (Å²) in [6.07, 6.45) is 2.11. The van der Waals surface area contributed by atoms with Crippen molar-refractivity contribution in [1.29, 1.82) is 0 Å². The molecule has 7 heteroatoms. The number of hydrogen-bond donors (Lipinski definition) is 1. The minimum absolute atomic E-state index is 0.201. The lowest BCUT2D eigenvalue weighted by Crippen LogP contribution is -2.44. The van der Waals surface area contributed by atoms with Gasteiger partial charge in [-0.1, -0.05) is 6.07 Å². The number of rotatable bonds is 8. The third kappa shape index (κ3) is 4.25. The summed E-state index contributed by atoms with van der Waals surface area (Å²) in [6.45, 7) is 5.72. The fourth-order valence-electron chi connectivity index (χ4n) is 3.69. The number of benzene rings is 1. The van der Waals surface area contributed by atoms with Gasteiger partial charge < -0.3 is 19.4 Å². The number of Topliss-reactive ketones (excluding diaryl/α,β-unsaturated/α-hetero) is 1. The number of aromatic amines is 1. The zero-order valence-corrected chi connectivity index (χ0v) is 18.1. The average molecular weight is 412 g/mol. The van der Waals surface area contributed by atoms with E-state index < -0.39 is 12.0 Å². The highest BCUT2D eigenvalue weighted by Gasteiger charge is 2.35. The zero-order valence-electron chi connectivity index (χ0n) is 18.1. The van der Waals surface area contributed by atoms with Crippen molar-refractivity contribution in [2.24, 2.45) is 5.92 Å². The van der Waals surface area contributed by atoms with E-state index in [0.717, 1.165) is 12.8 Å². The molecular weight excluding hydrogens is 384 g/mol. The minimum atomic E-state index is -0.678. The highest BCUT2D eigenvalue weighted by molar-refractivity contribution is 6.07. The van der Waals surface area contributed by atoms with E-state index in [1.165, 1.54) is 7.11 Å². The lowest BCUT2D eigenvalue weighted by molar-refractivity contribution is 0.0592. The number of hydrogen-bond acceptors (Lipinski definition) is 5. The van der Waals surface area contributed by atoms with Gasteiger partial charge in [0.15, 0.2) is 5.78 Å². The molecule has 30 heavy (non-hydrogen) atoms. The SMILES string of the molecule is COC(=O)c1[nH]c(C)c(C(=O)C(C)N(CC2CC2)C(=O)c2cccc(OC)c2)c1C. The molecule has 0 aliphatic heterocycles. The van der Waals surface area contributed by atoms with Crippen LogP contribution in [0.1, 0.15) is 62.2 Å². The van der Waals surface area contributed by atoms with E-state index in [4.69, 9.17) is 9.47 Å². The molecule has 1 aliphatic rings. The molecule has 1 fully saturated rings. The Balaban J connectivity index is 1.93. The normalized spacial score (nSPS) is 14.2. The van der Waals surface area contributed by atoms with Gasteiger partial charge in [-0.15, -0.1) is 0 Å². The van der Waals surface area contributed by atoms with Crippen LogP contribution in [-0.2, 0) is 4.74 Å². The monoisotopic (exact) mass is 412 g/mol. The molecule has 1 unspecified atom stereocenters. The summed E-state index contributed by atoms with van der Waals surface area (Å²) in [5, 5.41) is 0. The van der Waals surface area contributed by atoms with Crippen LogP contribution in [0.3, 0.4) is 0 Å². The van der Waals surface area contributed by atoms with Gasteiger partial charge in [0.05, 0.1) is 20.3 Å². The Kier molecular flexibility index (Phi) is 6.29. The van der Waals surface area contributed by atoms with Crippen molar-refractivity contribution in [2.75, 3.05) is 20.8 Å². The van der Waals surface area contributed by atoms with Crippen LogP contribution in [0.5, 0.6) is 5.75 Å². The summed E-state index contributed by atoms with van der Waals surface area (Å²) in [6, 6.07) is 6.27. The van der Waals surface area contributed by atoms with Gasteiger partial charge >= 0.3 is 5.97 Å². The third-order valence-electron chi connectivity index (χ3n) is 5.65. The molecule has 160 valence electrons. The van der Waals surface area contributed by atoms with Gasteiger partial charge in [0, 0.05) is 23.4 Å². The smallest absolute Gasteiger partial charge is 0.354 e. The van der Waals surface area contributed by atoms with E-state index in [0.29, 0.717) is 40.6 Å². The maximum atomic E-state index is 13.4. The van der Waals surface area contributed by atoms with Crippen molar-refractivity contribution in [3.63, 3.8) is 0 Å². The minimum Gasteiger partial charge on any atom is -0.497 e. The maximum Gasteiger partial charge on any atom is 0.354 e. The first kappa shape index (κ1) is 21.6. The molecule has 2 aromatic rings. The second-order valence-electron chi connectivity index (χ2n) is 7.79. The maximum absolute atomic E-state index is 13.4. The number of carbonyl (C=O) groups excluding carboxylic acids is 3. The van der Waals surface area contributed by atoms with Crippen molar-refractivity contribution in [3.8, 4) is 5.75 Å². The Morgan fingerprint density at radius 3 is 2.50 bits per heavy atom. The lowest BCUT2D eigenvalue weighted by atomic mass is 9.99. The van der Waals surface area contributed by atoms with E-state index >= 15 is 0 Å². The van der Waals surface area contributed by atoms with Crippen LogP contribution >= 0.6 is 0 Å². The first-order valence-corrected chi connectivity index (χ1v) is 10.0. The van der Waals surface area contributed by atoms with Gasteiger partial charge in [0.2, 0.25) is 0 Å². The van der Waals surface area contributed by atoms with Crippen molar-refractivity contribution in [1.82, 2.24) is 9.88 Å². The molecule has 1 aromatic heterocycles. The fourth-order valence-corrected chi connectivity index (χ4v) is 3.69. The summed E-state index contributed by atoms with van der Waals surface area (Å²) in [5.41, 5.74) is 2.30. The summed E-state index contributed by atoms with van der Waals surface area (Å²) in [4.78, 5) is 43.3. The van der Waals surface area contributed by atoms with E-state index in [1.54, 1.807) is 57.0 Å². The molecule has 1 heterocycles. The molecule has 1 amide bonds. The molecule has 1 atom stereocenters. The van der Waals surface area contributed by atoms with Crippen LogP contribution in [0, 0.1) is 19.8 Å². The van der Waals surface area contributed by atoms with Crippen molar-refractivity contribution in [2.45, 2.75) is 39.7 Å². The summed E-state index contributed by atoms with van der Waals surface area (Å²) < 4.78 is 10.0. The molecule has 0 spiro atoms. The second-order valence-corrected chi connectivity index (χ2v) is 7.79. The number of ether oxygens (including phenoxy) is 2. The lowest BCUT2D eigenvalue weighted by Gasteiger charge is -2.29. The predicted octanol–water partition coefficient (Wildman–Crippen LogP) is 3.55. The molecule has 0 bridgehead atoms. The number of aromatic nitrogens is 1. The van der Waals surface area contributed by atoms with Crippen molar-refractivity contribution < 1.29 is 23.9 Å². The predicted molar refractivity (Wildman–Crippen MR) is 112 cm³/mol. The summed E-state index contributed by atoms with van der Waals surface area (Å²) in [5.74, 6) is 0.0682.